The Morgan fingerprint density at radius 3 is 1.87 bits per heavy atom. The number of hydrogen-bond acceptors (Lipinski definition) is 11. The van der Waals surface area contributed by atoms with Crippen LogP contribution in [0.5, 0.6) is 0 Å². The molecule has 0 fully saturated rings. The summed E-state index contributed by atoms with van der Waals surface area (Å²) in [7, 11) is 0. The van der Waals surface area contributed by atoms with E-state index in [4.69, 9.17) is 29.4 Å². The van der Waals surface area contributed by atoms with Gasteiger partial charge in [0.05, 0.1) is 26.4 Å². The molecule has 2 atom stereocenters. The van der Waals surface area contributed by atoms with E-state index in [2.05, 4.69) is 16.0 Å². The first-order valence-electron chi connectivity index (χ1n) is 15.6. The van der Waals surface area contributed by atoms with Crippen molar-refractivity contribution in [2.75, 3.05) is 33.0 Å². The Hall–Kier alpha value is -3.13. The number of nitrogens with one attached hydrogen (secondary N) is 3. The van der Waals surface area contributed by atoms with Crippen LogP contribution in [-0.2, 0) is 38.1 Å². The molecule has 0 aromatic rings. The molecule has 2 unspecified atom stereocenters. The standard InChI is InChI=1S/C31H58N4O10/c1-12-21(23(36)41-13-2)33-26(39)45-30(8,9)16-19-44-31(10,11)25(38)34-22(24(37)42-14-3)28(4,5)20-29(6,7)35-27(40)43-18-15-17-32/h21-22H,12-20,32H2,1-11H3,(H,33,39)(H,34,38)(H,35,40). The van der Waals surface area contributed by atoms with Gasteiger partial charge in [0, 0.05) is 12.0 Å². The maximum Gasteiger partial charge on any atom is 0.408 e. The Balaban J connectivity index is 5.42. The molecular weight excluding hydrogens is 588 g/mol. The van der Waals surface area contributed by atoms with E-state index in [1.807, 2.05) is 0 Å². The first-order chi connectivity index (χ1) is 20.7. The third kappa shape index (κ3) is 16.1. The van der Waals surface area contributed by atoms with Gasteiger partial charge in [-0.2, -0.15) is 0 Å². The summed E-state index contributed by atoms with van der Waals surface area (Å²) in [6.07, 6.45) is -0.0205. The molecule has 0 spiro atoms. The Labute approximate surface area is 268 Å². The number of carbonyl (C=O) groups excluding carboxylic acids is 5. The summed E-state index contributed by atoms with van der Waals surface area (Å²) in [6.45, 7) is 19.6. The highest BCUT2D eigenvalue weighted by Crippen LogP contribution is 2.33. The molecule has 0 aliphatic carbocycles. The molecule has 0 aliphatic heterocycles. The van der Waals surface area contributed by atoms with E-state index in [-0.39, 0.29) is 39.3 Å². The van der Waals surface area contributed by atoms with Gasteiger partial charge in [-0.25, -0.2) is 19.2 Å². The van der Waals surface area contributed by atoms with E-state index in [0.717, 1.165) is 0 Å². The Morgan fingerprint density at radius 2 is 1.33 bits per heavy atom. The number of amides is 3. The van der Waals surface area contributed by atoms with Crippen molar-refractivity contribution < 1.29 is 47.7 Å². The molecule has 0 radical (unpaired) electrons. The van der Waals surface area contributed by atoms with Crippen LogP contribution in [0.15, 0.2) is 0 Å². The van der Waals surface area contributed by atoms with Crippen LogP contribution in [0.3, 0.4) is 0 Å². The monoisotopic (exact) mass is 646 g/mol. The minimum Gasteiger partial charge on any atom is -0.464 e. The van der Waals surface area contributed by atoms with Gasteiger partial charge in [-0.05, 0) is 86.6 Å². The number of carbonyl (C=O) groups is 5. The summed E-state index contributed by atoms with van der Waals surface area (Å²) in [4.78, 5) is 63.2. The first kappa shape index (κ1) is 41.9. The molecule has 262 valence electrons. The molecule has 0 aliphatic rings. The van der Waals surface area contributed by atoms with Gasteiger partial charge in [0.2, 0.25) is 0 Å². The first-order valence-corrected chi connectivity index (χ1v) is 15.6. The zero-order valence-electron chi connectivity index (χ0n) is 29.2. The van der Waals surface area contributed by atoms with Gasteiger partial charge >= 0.3 is 24.1 Å². The lowest BCUT2D eigenvalue weighted by molar-refractivity contribution is -0.156. The number of alkyl carbamates (subject to hydrolysis) is 2. The van der Waals surface area contributed by atoms with E-state index >= 15 is 0 Å². The van der Waals surface area contributed by atoms with Crippen molar-refractivity contribution >= 4 is 30.0 Å². The van der Waals surface area contributed by atoms with E-state index < -0.39 is 64.3 Å². The van der Waals surface area contributed by atoms with Crippen LogP contribution >= 0.6 is 0 Å². The van der Waals surface area contributed by atoms with Crippen molar-refractivity contribution in [2.45, 2.75) is 131 Å². The normalized spacial score (nSPS) is 13.6. The van der Waals surface area contributed by atoms with Crippen LogP contribution in [0.1, 0.15) is 102 Å². The molecule has 14 heteroatoms. The Morgan fingerprint density at radius 1 is 0.756 bits per heavy atom. The lowest BCUT2D eigenvalue weighted by Gasteiger charge is -2.40. The molecule has 45 heavy (non-hydrogen) atoms. The van der Waals surface area contributed by atoms with Crippen molar-refractivity contribution in [2.24, 2.45) is 11.1 Å². The second-order valence-electron chi connectivity index (χ2n) is 13.2. The number of nitrogens with two attached hydrogens (primary N) is 1. The second kappa shape index (κ2) is 18.7. The fourth-order valence-corrected chi connectivity index (χ4v) is 4.61. The van der Waals surface area contributed by atoms with Crippen molar-refractivity contribution in [3.8, 4) is 0 Å². The summed E-state index contributed by atoms with van der Waals surface area (Å²) in [5, 5.41) is 8.11. The highest BCUT2D eigenvalue weighted by atomic mass is 16.6. The van der Waals surface area contributed by atoms with Crippen molar-refractivity contribution in [3.05, 3.63) is 0 Å². The van der Waals surface area contributed by atoms with Gasteiger partial charge in [0.15, 0.2) is 0 Å². The highest BCUT2D eigenvalue weighted by Gasteiger charge is 2.44. The molecule has 0 bridgehead atoms. The summed E-state index contributed by atoms with van der Waals surface area (Å²) in [6, 6.07) is -1.91. The van der Waals surface area contributed by atoms with Crippen LogP contribution in [0.25, 0.3) is 0 Å². The maximum atomic E-state index is 13.4. The summed E-state index contributed by atoms with van der Waals surface area (Å²) < 4.78 is 26.8. The molecular formula is C31H58N4O10. The fourth-order valence-electron chi connectivity index (χ4n) is 4.61. The molecule has 0 saturated heterocycles. The zero-order valence-corrected chi connectivity index (χ0v) is 29.2. The van der Waals surface area contributed by atoms with Gasteiger partial charge in [0.1, 0.15) is 23.3 Å². The molecule has 0 rings (SSSR count). The van der Waals surface area contributed by atoms with Gasteiger partial charge < -0.3 is 45.4 Å². The predicted molar refractivity (Wildman–Crippen MR) is 168 cm³/mol. The lowest BCUT2D eigenvalue weighted by Crippen LogP contribution is -2.59. The lowest BCUT2D eigenvalue weighted by atomic mass is 9.74. The topological polar surface area (TPSA) is 194 Å². The number of esters is 2. The number of hydrogen-bond donors (Lipinski definition) is 4. The SMILES string of the molecule is CCOC(=O)C(CC)NC(=O)OC(C)(C)CCOC(C)(C)C(=O)NC(C(=O)OCC)C(C)(C)CC(C)(C)NC(=O)OCCCN. The fraction of sp³-hybridized carbons (Fsp3) is 0.839. The summed E-state index contributed by atoms with van der Waals surface area (Å²) in [5.41, 5.74) is 1.38. The highest BCUT2D eigenvalue weighted by molar-refractivity contribution is 5.89. The third-order valence-electron chi connectivity index (χ3n) is 6.85. The van der Waals surface area contributed by atoms with E-state index in [9.17, 15) is 24.0 Å². The van der Waals surface area contributed by atoms with Gasteiger partial charge in [0.25, 0.3) is 5.91 Å². The molecule has 14 nitrogen and oxygen atoms in total. The van der Waals surface area contributed by atoms with Crippen molar-refractivity contribution in [1.82, 2.24) is 16.0 Å². The smallest absolute Gasteiger partial charge is 0.408 e. The quantitative estimate of drug-likeness (QED) is 0.0861. The molecule has 0 saturated carbocycles. The summed E-state index contributed by atoms with van der Waals surface area (Å²) >= 11 is 0. The minimum absolute atomic E-state index is 0.0342. The largest absolute Gasteiger partial charge is 0.464 e. The molecule has 5 N–H and O–H groups in total. The van der Waals surface area contributed by atoms with Crippen molar-refractivity contribution in [3.63, 3.8) is 0 Å². The van der Waals surface area contributed by atoms with Crippen LogP contribution < -0.4 is 21.7 Å². The summed E-state index contributed by atoms with van der Waals surface area (Å²) in [5.74, 6) is -1.73. The maximum absolute atomic E-state index is 13.4. The molecule has 0 heterocycles. The zero-order chi connectivity index (χ0) is 35.1. The minimum atomic E-state index is -1.38. The second-order valence-corrected chi connectivity index (χ2v) is 13.2. The van der Waals surface area contributed by atoms with E-state index in [1.165, 1.54) is 0 Å². The van der Waals surface area contributed by atoms with E-state index in [1.54, 1.807) is 76.2 Å². The van der Waals surface area contributed by atoms with Gasteiger partial charge in [-0.15, -0.1) is 0 Å². The number of rotatable bonds is 20. The van der Waals surface area contributed by atoms with Crippen LogP contribution in [0.2, 0.25) is 0 Å². The predicted octanol–water partition coefficient (Wildman–Crippen LogP) is 3.34. The third-order valence-corrected chi connectivity index (χ3v) is 6.85. The average Bonchev–Trinajstić information content (AvgIpc) is 2.88. The van der Waals surface area contributed by atoms with Crippen LogP contribution in [-0.4, -0.2) is 91.8 Å². The van der Waals surface area contributed by atoms with E-state index in [0.29, 0.717) is 19.4 Å². The van der Waals surface area contributed by atoms with Crippen molar-refractivity contribution in [1.29, 1.82) is 0 Å². The number of ether oxygens (including phenoxy) is 5. The van der Waals surface area contributed by atoms with Gasteiger partial charge in [-0.1, -0.05) is 20.8 Å². The molecule has 0 aromatic heterocycles. The molecule has 3 amide bonds. The Kier molecular flexibility index (Phi) is 17.4. The van der Waals surface area contributed by atoms with Crippen LogP contribution in [0.4, 0.5) is 9.59 Å². The average molecular weight is 647 g/mol. The molecule has 0 aromatic carbocycles. The van der Waals surface area contributed by atoms with Crippen LogP contribution in [0, 0.1) is 5.41 Å². The van der Waals surface area contributed by atoms with Gasteiger partial charge in [-0.3, -0.25) is 4.79 Å². The Bertz CT molecular complexity index is 981.